The van der Waals surface area contributed by atoms with Crippen molar-refractivity contribution in [3.63, 3.8) is 0 Å². The molecule has 0 aliphatic rings. The Hall–Kier alpha value is -2.90. The van der Waals surface area contributed by atoms with Crippen LogP contribution in [-0.4, -0.2) is 32.7 Å². The van der Waals surface area contributed by atoms with Crippen LogP contribution in [0.15, 0.2) is 48.8 Å². The molecule has 3 rings (SSSR count). The Balaban J connectivity index is 1.69. The van der Waals surface area contributed by atoms with E-state index in [1.165, 1.54) is 23.9 Å². The van der Waals surface area contributed by atoms with Crippen LogP contribution in [0, 0.1) is 6.92 Å². The molecule has 1 aromatic carbocycles. The van der Waals surface area contributed by atoms with Gasteiger partial charge in [0.25, 0.3) is 5.91 Å². The molecule has 0 saturated heterocycles. The molecule has 0 spiro atoms. The molecule has 7 nitrogen and oxygen atoms in total. The number of hydrogen-bond donors (Lipinski definition) is 1. The van der Waals surface area contributed by atoms with Crippen LogP contribution in [0.2, 0.25) is 10.0 Å². The number of nitrogens with one attached hydrogen (secondary N) is 1. The molecule has 1 amide bonds. The second-order valence-corrected chi connectivity index (χ2v) is 6.75. The molecular weight excluding hydrogens is 403 g/mol. The fourth-order valence-electron chi connectivity index (χ4n) is 2.42. The number of carbonyl (C=O) groups excluding carboxylic acids is 2. The SMILES string of the molecule is Cc1c(C(=O)OC(C)C(=O)Nc2ccc(Cl)cc2Cl)cnn1-c1ccccn1. The first-order valence-corrected chi connectivity index (χ1v) is 9.05. The summed E-state index contributed by atoms with van der Waals surface area (Å²) in [5.74, 6) is -0.612. The van der Waals surface area contributed by atoms with Gasteiger partial charge in [-0.3, -0.25) is 4.79 Å². The number of amides is 1. The average molecular weight is 419 g/mol. The normalized spacial score (nSPS) is 11.7. The third kappa shape index (κ3) is 4.32. The number of pyridine rings is 1. The molecule has 0 aliphatic heterocycles. The van der Waals surface area contributed by atoms with Gasteiger partial charge in [0, 0.05) is 11.2 Å². The van der Waals surface area contributed by atoms with Gasteiger partial charge in [0.05, 0.1) is 22.6 Å². The summed E-state index contributed by atoms with van der Waals surface area (Å²) in [4.78, 5) is 29.0. The lowest BCUT2D eigenvalue weighted by atomic mass is 10.2. The maximum atomic E-state index is 12.5. The van der Waals surface area contributed by atoms with Gasteiger partial charge in [-0.15, -0.1) is 0 Å². The molecule has 0 bridgehead atoms. The van der Waals surface area contributed by atoms with Crippen molar-refractivity contribution in [1.29, 1.82) is 0 Å². The van der Waals surface area contributed by atoms with Crippen LogP contribution in [0.1, 0.15) is 23.0 Å². The van der Waals surface area contributed by atoms with Gasteiger partial charge in [-0.25, -0.2) is 14.5 Å². The summed E-state index contributed by atoms with van der Waals surface area (Å²) < 4.78 is 6.79. The van der Waals surface area contributed by atoms with E-state index in [9.17, 15) is 9.59 Å². The number of benzene rings is 1. The van der Waals surface area contributed by atoms with Crippen molar-refractivity contribution < 1.29 is 14.3 Å². The van der Waals surface area contributed by atoms with Gasteiger partial charge in [0.1, 0.15) is 5.56 Å². The van der Waals surface area contributed by atoms with Crippen LogP contribution in [0.5, 0.6) is 0 Å². The van der Waals surface area contributed by atoms with E-state index in [4.69, 9.17) is 27.9 Å². The predicted octanol–water partition coefficient (Wildman–Crippen LogP) is 4.07. The lowest BCUT2D eigenvalue weighted by Gasteiger charge is -2.14. The smallest absolute Gasteiger partial charge is 0.342 e. The molecule has 0 saturated carbocycles. The van der Waals surface area contributed by atoms with Crippen LogP contribution in [0.3, 0.4) is 0 Å². The molecule has 2 heterocycles. The number of nitrogens with zero attached hydrogens (tertiary/aromatic N) is 3. The molecule has 0 fully saturated rings. The minimum absolute atomic E-state index is 0.245. The number of halogens is 2. The highest BCUT2D eigenvalue weighted by molar-refractivity contribution is 6.36. The van der Waals surface area contributed by atoms with Crippen LogP contribution < -0.4 is 5.32 Å². The van der Waals surface area contributed by atoms with Crippen LogP contribution >= 0.6 is 23.2 Å². The van der Waals surface area contributed by atoms with E-state index in [0.717, 1.165) is 0 Å². The lowest BCUT2D eigenvalue weighted by Crippen LogP contribution is -2.30. The molecule has 144 valence electrons. The number of carbonyl (C=O) groups is 2. The Morgan fingerprint density at radius 1 is 1.21 bits per heavy atom. The third-order valence-electron chi connectivity index (χ3n) is 3.94. The Bertz CT molecular complexity index is 1020. The van der Waals surface area contributed by atoms with Crippen molar-refractivity contribution in [2.45, 2.75) is 20.0 Å². The van der Waals surface area contributed by atoms with Crippen molar-refractivity contribution in [3.8, 4) is 5.82 Å². The largest absolute Gasteiger partial charge is 0.449 e. The quantitative estimate of drug-likeness (QED) is 0.631. The third-order valence-corrected chi connectivity index (χ3v) is 4.49. The maximum absolute atomic E-state index is 12.5. The van der Waals surface area contributed by atoms with E-state index in [0.29, 0.717) is 22.2 Å². The second kappa shape index (κ2) is 8.41. The van der Waals surface area contributed by atoms with Crippen molar-refractivity contribution >= 4 is 40.8 Å². The fourth-order valence-corrected chi connectivity index (χ4v) is 2.88. The van der Waals surface area contributed by atoms with Gasteiger partial charge >= 0.3 is 5.97 Å². The summed E-state index contributed by atoms with van der Waals surface area (Å²) in [5.41, 5.74) is 1.17. The van der Waals surface area contributed by atoms with Gasteiger partial charge in [-0.2, -0.15) is 5.10 Å². The van der Waals surface area contributed by atoms with E-state index >= 15 is 0 Å². The number of rotatable bonds is 5. The lowest BCUT2D eigenvalue weighted by molar-refractivity contribution is -0.123. The number of ether oxygens (including phenoxy) is 1. The summed E-state index contributed by atoms with van der Waals surface area (Å²) >= 11 is 11.9. The summed E-state index contributed by atoms with van der Waals surface area (Å²) in [6.07, 6.45) is 1.97. The summed E-state index contributed by atoms with van der Waals surface area (Å²) in [6, 6.07) is 10.0. The predicted molar refractivity (Wildman–Crippen MR) is 106 cm³/mol. The minimum Gasteiger partial charge on any atom is -0.449 e. The van der Waals surface area contributed by atoms with Crippen LogP contribution in [0.25, 0.3) is 5.82 Å². The maximum Gasteiger partial charge on any atom is 0.342 e. The number of hydrogen-bond acceptors (Lipinski definition) is 5. The topological polar surface area (TPSA) is 86.1 Å². The Kier molecular flexibility index (Phi) is 5.96. The molecule has 1 N–H and O–H groups in total. The first kappa shape index (κ1) is 19.9. The Labute approximate surface area is 171 Å². The number of aromatic nitrogens is 3. The molecular formula is C19H16Cl2N4O3. The van der Waals surface area contributed by atoms with E-state index in [-0.39, 0.29) is 10.6 Å². The highest BCUT2D eigenvalue weighted by atomic mass is 35.5. The zero-order valence-corrected chi connectivity index (χ0v) is 16.5. The molecule has 9 heteroatoms. The highest BCUT2D eigenvalue weighted by Crippen LogP contribution is 2.25. The van der Waals surface area contributed by atoms with Crippen molar-refractivity contribution in [2.75, 3.05) is 5.32 Å². The van der Waals surface area contributed by atoms with Gasteiger partial charge in [0.15, 0.2) is 11.9 Å². The average Bonchev–Trinajstić information content (AvgIpc) is 3.06. The van der Waals surface area contributed by atoms with Gasteiger partial charge in [-0.1, -0.05) is 29.3 Å². The molecule has 1 unspecified atom stereocenters. The van der Waals surface area contributed by atoms with Crippen LogP contribution in [-0.2, 0) is 9.53 Å². The van der Waals surface area contributed by atoms with Gasteiger partial charge in [-0.05, 0) is 44.2 Å². The Morgan fingerprint density at radius 2 is 2.00 bits per heavy atom. The van der Waals surface area contributed by atoms with Gasteiger partial charge < -0.3 is 10.1 Å². The second-order valence-electron chi connectivity index (χ2n) is 5.90. The van der Waals surface area contributed by atoms with Crippen molar-refractivity contribution in [1.82, 2.24) is 14.8 Å². The van der Waals surface area contributed by atoms with Gasteiger partial charge in [0.2, 0.25) is 0 Å². The summed E-state index contributed by atoms with van der Waals surface area (Å²) in [7, 11) is 0. The van der Waals surface area contributed by atoms with Crippen LogP contribution in [0.4, 0.5) is 5.69 Å². The number of esters is 1. The molecule has 2 aromatic heterocycles. The van der Waals surface area contributed by atoms with E-state index < -0.39 is 18.0 Å². The minimum atomic E-state index is -1.04. The monoisotopic (exact) mass is 418 g/mol. The number of anilines is 1. The first-order chi connectivity index (χ1) is 13.4. The molecule has 0 radical (unpaired) electrons. The van der Waals surface area contributed by atoms with Crippen molar-refractivity contribution in [3.05, 3.63) is 70.1 Å². The zero-order chi connectivity index (χ0) is 20.3. The molecule has 1 atom stereocenters. The Morgan fingerprint density at radius 3 is 2.68 bits per heavy atom. The molecule has 3 aromatic rings. The summed E-state index contributed by atoms with van der Waals surface area (Å²) in [5, 5.41) is 7.50. The van der Waals surface area contributed by atoms with E-state index in [2.05, 4.69) is 15.4 Å². The summed E-state index contributed by atoms with van der Waals surface area (Å²) in [6.45, 7) is 3.19. The molecule has 28 heavy (non-hydrogen) atoms. The first-order valence-electron chi connectivity index (χ1n) is 8.29. The van der Waals surface area contributed by atoms with Crippen molar-refractivity contribution in [2.24, 2.45) is 0 Å². The molecule has 0 aliphatic carbocycles. The standard InChI is InChI=1S/C19H16Cl2N4O3/c1-11-14(10-23-25(11)17-5-3-4-8-22-17)19(27)28-12(2)18(26)24-16-7-6-13(20)9-15(16)21/h3-10,12H,1-2H3,(H,24,26). The fraction of sp³-hybridized carbons (Fsp3) is 0.158. The zero-order valence-electron chi connectivity index (χ0n) is 15.0. The highest BCUT2D eigenvalue weighted by Gasteiger charge is 2.23. The van der Waals surface area contributed by atoms with E-state index in [1.54, 1.807) is 37.4 Å². The van der Waals surface area contributed by atoms with E-state index in [1.807, 2.05) is 6.07 Å².